The van der Waals surface area contributed by atoms with Gasteiger partial charge in [0.1, 0.15) is 17.3 Å². The first-order valence-corrected chi connectivity index (χ1v) is 6.25. The van der Waals surface area contributed by atoms with Crippen molar-refractivity contribution >= 4 is 17.4 Å². The van der Waals surface area contributed by atoms with Gasteiger partial charge in [-0.05, 0) is 42.3 Å². The number of amidine groups is 1. The second kappa shape index (κ2) is 5.71. The zero-order valence-corrected chi connectivity index (χ0v) is 11.2. The number of nitrogens with two attached hydrogens (primary N) is 1. The van der Waals surface area contributed by atoms with E-state index in [-0.39, 0.29) is 5.84 Å². The van der Waals surface area contributed by atoms with Gasteiger partial charge in [-0.15, -0.1) is 0 Å². The number of hydrogen-bond donors (Lipinski definition) is 2. The van der Waals surface area contributed by atoms with Gasteiger partial charge in [0, 0.05) is 11.2 Å². The topological polar surface area (TPSA) is 72.0 Å². The van der Waals surface area contributed by atoms with Gasteiger partial charge in [0.05, 0.1) is 0 Å². The van der Waals surface area contributed by atoms with Crippen LogP contribution in [0.15, 0.2) is 36.5 Å². The van der Waals surface area contributed by atoms with Crippen molar-refractivity contribution in [2.75, 3.05) is 0 Å². The van der Waals surface area contributed by atoms with Gasteiger partial charge in [0.2, 0.25) is 0 Å². The van der Waals surface area contributed by atoms with Crippen molar-refractivity contribution in [2.24, 2.45) is 5.73 Å². The summed E-state index contributed by atoms with van der Waals surface area (Å²) in [4.78, 5) is 4.03. The second-order valence-corrected chi connectivity index (χ2v) is 4.38. The molecule has 0 amide bonds. The predicted molar refractivity (Wildman–Crippen MR) is 76.2 cm³/mol. The van der Waals surface area contributed by atoms with Crippen molar-refractivity contribution in [3.05, 3.63) is 52.8 Å². The van der Waals surface area contributed by atoms with E-state index in [9.17, 15) is 0 Å². The quantitative estimate of drug-likeness (QED) is 0.664. The number of aromatic nitrogens is 1. The Labute approximate surface area is 116 Å². The number of nitrogens with one attached hydrogen (secondary N) is 1. The Balaban J connectivity index is 2.34. The monoisotopic (exact) mass is 275 g/mol. The first-order chi connectivity index (χ1) is 9.11. The molecule has 0 radical (unpaired) electrons. The molecule has 2 aromatic rings. The molecule has 4 nitrogen and oxygen atoms in total. The Morgan fingerprint density at radius 1 is 1.42 bits per heavy atom. The van der Waals surface area contributed by atoms with Crippen LogP contribution >= 0.6 is 11.6 Å². The van der Waals surface area contributed by atoms with Gasteiger partial charge in [-0.1, -0.05) is 18.5 Å². The van der Waals surface area contributed by atoms with Crippen molar-refractivity contribution < 1.29 is 4.74 Å². The molecule has 1 heterocycles. The maximum atomic E-state index is 7.47. The highest BCUT2D eigenvalue weighted by Crippen LogP contribution is 2.27. The van der Waals surface area contributed by atoms with Crippen LogP contribution in [0.5, 0.6) is 11.5 Å². The fourth-order valence-electron chi connectivity index (χ4n) is 1.69. The van der Waals surface area contributed by atoms with E-state index in [0.29, 0.717) is 22.2 Å². The first kappa shape index (κ1) is 13.4. The lowest BCUT2D eigenvalue weighted by Crippen LogP contribution is -2.14. The number of benzene rings is 1. The minimum absolute atomic E-state index is 0.125. The molecule has 0 aliphatic rings. The zero-order chi connectivity index (χ0) is 13.8. The largest absolute Gasteiger partial charge is 0.455 e. The molecule has 0 bridgehead atoms. The highest BCUT2D eigenvalue weighted by Gasteiger charge is 2.09. The van der Waals surface area contributed by atoms with Gasteiger partial charge in [-0.2, -0.15) is 0 Å². The first-order valence-electron chi connectivity index (χ1n) is 5.87. The fourth-order valence-corrected chi connectivity index (χ4v) is 1.94. The van der Waals surface area contributed by atoms with Crippen molar-refractivity contribution in [1.29, 1.82) is 5.41 Å². The number of pyridine rings is 1. The van der Waals surface area contributed by atoms with E-state index in [1.165, 1.54) is 0 Å². The van der Waals surface area contributed by atoms with E-state index in [1.807, 2.05) is 13.0 Å². The zero-order valence-electron chi connectivity index (χ0n) is 10.5. The molecular formula is C14H14ClN3O. The van der Waals surface area contributed by atoms with Crippen molar-refractivity contribution in [1.82, 2.24) is 4.98 Å². The molecule has 5 heteroatoms. The van der Waals surface area contributed by atoms with E-state index >= 15 is 0 Å². The number of ether oxygens (including phenoxy) is 1. The van der Waals surface area contributed by atoms with Gasteiger partial charge in [-0.3, -0.25) is 5.41 Å². The highest BCUT2D eigenvalue weighted by atomic mass is 35.5. The summed E-state index contributed by atoms with van der Waals surface area (Å²) in [5.41, 5.74) is 6.80. The molecule has 0 aliphatic heterocycles. The van der Waals surface area contributed by atoms with E-state index in [4.69, 9.17) is 27.5 Å². The average molecular weight is 276 g/mol. The normalized spacial score (nSPS) is 10.2. The number of rotatable bonds is 4. The molecule has 0 spiro atoms. The fraction of sp³-hybridized carbons (Fsp3) is 0.143. The third kappa shape index (κ3) is 3.03. The number of aryl methyl sites for hydroxylation is 1. The predicted octanol–water partition coefficient (Wildman–Crippen LogP) is 3.37. The highest BCUT2D eigenvalue weighted by molar-refractivity contribution is 6.31. The average Bonchev–Trinajstić information content (AvgIpc) is 2.41. The van der Waals surface area contributed by atoms with Crippen LogP contribution in [0.4, 0.5) is 0 Å². The summed E-state index contributed by atoms with van der Waals surface area (Å²) in [6, 6.07) is 8.90. The smallest absolute Gasteiger partial charge is 0.156 e. The maximum absolute atomic E-state index is 7.47. The van der Waals surface area contributed by atoms with Crippen molar-refractivity contribution in [3.63, 3.8) is 0 Å². The molecule has 19 heavy (non-hydrogen) atoms. The minimum Gasteiger partial charge on any atom is -0.455 e. The molecule has 0 aliphatic carbocycles. The standard InChI is InChI=1S/C14H14ClN3O/c1-2-9-8-10(5-6-11(9)15)19-12-4-3-7-18-13(12)14(16)17/h3-8H,2H2,1H3,(H3,16,17). The SMILES string of the molecule is CCc1cc(Oc2cccnc2C(=N)N)ccc1Cl. The van der Waals surface area contributed by atoms with Gasteiger partial charge >= 0.3 is 0 Å². The van der Waals surface area contributed by atoms with Crippen LogP contribution in [0.25, 0.3) is 0 Å². The Morgan fingerprint density at radius 3 is 2.89 bits per heavy atom. The van der Waals surface area contributed by atoms with Crippen LogP contribution in [0.1, 0.15) is 18.2 Å². The van der Waals surface area contributed by atoms with E-state index in [0.717, 1.165) is 12.0 Å². The summed E-state index contributed by atoms with van der Waals surface area (Å²) in [6.45, 7) is 2.02. The van der Waals surface area contributed by atoms with Gasteiger partial charge < -0.3 is 10.5 Å². The molecule has 2 rings (SSSR count). The van der Waals surface area contributed by atoms with E-state index in [1.54, 1.807) is 30.5 Å². The van der Waals surface area contributed by atoms with Crippen molar-refractivity contribution in [2.45, 2.75) is 13.3 Å². The molecule has 1 aromatic heterocycles. The lowest BCUT2D eigenvalue weighted by Gasteiger charge is -2.10. The number of nitrogens with zero attached hydrogens (tertiary/aromatic N) is 1. The molecule has 0 atom stereocenters. The van der Waals surface area contributed by atoms with E-state index in [2.05, 4.69) is 4.98 Å². The van der Waals surface area contributed by atoms with Crippen LogP contribution in [0.2, 0.25) is 5.02 Å². The summed E-state index contributed by atoms with van der Waals surface area (Å²) in [7, 11) is 0. The Hall–Kier alpha value is -2.07. The molecule has 0 fully saturated rings. The number of nitrogen functional groups attached to an aromatic ring is 1. The molecule has 98 valence electrons. The number of halogens is 1. The molecular weight excluding hydrogens is 262 g/mol. The van der Waals surface area contributed by atoms with Crippen LogP contribution in [-0.2, 0) is 6.42 Å². The second-order valence-electron chi connectivity index (χ2n) is 3.97. The Kier molecular flexibility index (Phi) is 4.02. The lowest BCUT2D eigenvalue weighted by molar-refractivity contribution is 0.478. The molecule has 1 aromatic carbocycles. The van der Waals surface area contributed by atoms with Gasteiger partial charge in [-0.25, -0.2) is 4.98 Å². The number of hydrogen-bond acceptors (Lipinski definition) is 3. The minimum atomic E-state index is -0.125. The van der Waals surface area contributed by atoms with Crippen LogP contribution in [0, 0.1) is 5.41 Å². The Morgan fingerprint density at radius 2 is 2.21 bits per heavy atom. The molecule has 0 unspecified atom stereocenters. The Bertz CT molecular complexity index is 613. The molecule has 0 saturated heterocycles. The summed E-state index contributed by atoms with van der Waals surface area (Å²) in [5.74, 6) is 0.983. The summed E-state index contributed by atoms with van der Waals surface area (Å²) < 4.78 is 5.73. The van der Waals surface area contributed by atoms with E-state index < -0.39 is 0 Å². The summed E-state index contributed by atoms with van der Waals surface area (Å²) in [5, 5.41) is 8.18. The molecule has 3 N–H and O–H groups in total. The van der Waals surface area contributed by atoms with Crippen LogP contribution in [0.3, 0.4) is 0 Å². The lowest BCUT2D eigenvalue weighted by atomic mass is 10.1. The van der Waals surface area contributed by atoms with Gasteiger partial charge in [0.15, 0.2) is 5.75 Å². The summed E-state index contributed by atoms with van der Waals surface area (Å²) in [6.07, 6.45) is 2.39. The van der Waals surface area contributed by atoms with Crippen LogP contribution in [-0.4, -0.2) is 10.8 Å². The third-order valence-corrected chi connectivity index (χ3v) is 3.02. The van der Waals surface area contributed by atoms with Crippen molar-refractivity contribution in [3.8, 4) is 11.5 Å². The van der Waals surface area contributed by atoms with Crippen LogP contribution < -0.4 is 10.5 Å². The van der Waals surface area contributed by atoms with Gasteiger partial charge in [0.25, 0.3) is 0 Å². The third-order valence-electron chi connectivity index (χ3n) is 2.65. The maximum Gasteiger partial charge on any atom is 0.156 e. The summed E-state index contributed by atoms with van der Waals surface area (Å²) >= 11 is 6.06. The molecule has 0 saturated carbocycles.